The Morgan fingerprint density at radius 1 is 1.56 bits per heavy atom. The Morgan fingerprint density at radius 3 is 3.06 bits per heavy atom. The molecule has 1 aromatic rings. The quantitative estimate of drug-likeness (QED) is 0.896. The normalized spacial score (nSPS) is 24.9. The zero-order valence-electron chi connectivity index (χ0n) is 9.24. The molecule has 2 atom stereocenters. The van der Waals surface area contributed by atoms with Crippen LogP contribution in [0.25, 0.3) is 0 Å². The zero-order valence-corrected chi connectivity index (χ0v) is 10.8. The molecule has 1 fully saturated rings. The van der Waals surface area contributed by atoms with E-state index in [-0.39, 0.29) is 6.10 Å². The standard InChI is InChI=1S/C12H16BrNO2/c1-8-11(5-6-16-8)14-7-9-3-2-4-10(13)12(9)15/h2-4,8,11,14-15H,5-7H2,1H3. The van der Waals surface area contributed by atoms with Crippen LogP contribution in [0.3, 0.4) is 0 Å². The maximum absolute atomic E-state index is 9.82. The third-order valence-corrected chi connectivity index (χ3v) is 3.64. The summed E-state index contributed by atoms with van der Waals surface area (Å²) in [6, 6.07) is 6.07. The Morgan fingerprint density at radius 2 is 2.38 bits per heavy atom. The highest BCUT2D eigenvalue weighted by Gasteiger charge is 2.23. The van der Waals surface area contributed by atoms with Gasteiger partial charge in [0.15, 0.2) is 0 Å². The average Bonchev–Trinajstić information content (AvgIpc) is 2.67. The Labute approximate surface area is 104 Å². The van der Waals surface area contributed by atoms with Gasteiger partial charge in [-0.15, -0.1) is 0 Å². The molecule has 0 bridgehead atoms. The van der Waals surface area contributed by atoms with Crippen LogP contribution in [-0.2, 0) is 11.3 Å². The zero-order chi connectivity index (χ0) is 11.5. The van der Waals surface area contributed by atoms with E-state index in [9.17, 15) is 5.11 Å². The van der Waals surface area contributed by atoms with E-state index in [0.29, 0.717) is 18.3 Å². The number of nitrogens with one attached hydrogen (secondary N) is 1. The van der Waals surface area contributed by atoms with E-state index in [1.54, 1.807) is 0 Å². The lowest BCUT2D eigenvalue weighted by Crippen LogP contribution is -2.34. The van der Waals surface area contributed by atoms with Crippen molar-refractivity contribution in [2.45, 2.75) is 32.0 Å². The molecule has 4 heteroatoms. The van der Waals surface area contributed by atoms with Crippen LogP contribution in [0.5, 0.6) is 5.75 Å². The Hall–Kier alpha value is -0.580. The highest BCUT2D eigenvalue weighted by molar-refractivity contribution is 9.10. The Kier molecular flexibility index (Phi) is 3.84. The monoisotopic (exact) mass is 285 g/mol. The van der Waals surface area contributed by atoms with Crippen molar-refractivity contribution in [3.8, 4) is 5.75 Å². The molecule has 1 aliphatic heterocycles. The molecule has 0 aliphatic carbocycles. The van der Waals surface area contributed by atoms with Crippen LogP contribution in [0.1, 0.15) is 18.9 Å². The number of phenols is 1. The first-order valence-electron chi connectivity index (χ1n) is 5.50. The predicted octanol–water partition coefficient (Wildman–Crippen LogP) is 2.42. The first-order valence-corrected chi connectivity index (χ1v) is 6.29. The second-order valence-corrected chi connectivity index (χ2v) is 4.95. The molecule has 1 heterocycles. The van der Waals surface area contributed by atoms with E-state index in [0.717, 1.165) is 23.1 Å². The molecule has 3 nitrogen and oxygen atoms in total. The van der Waals surface area contributed by atoms with Crippen molar-refractivity contribution in [2.24, 2.45) is 0 Å². The number of hydrogen-bond acceptors (Lipinski definition) is 3. The predicted molar refractivity (Wildman–Crippen MR) is 66.5 cm³/mol. The number of phenolic OH excluding ortho intramolecular Hbond substituents is 1. The molecule has 0 saturated carbocycles. The van der Waals surface area contributed by atoms with Crippen molar-refractivity contribution in [1.29, 1.82) is 0 Å². The van der Waals surface area contributed by atoms with E-state index in [4.69, 9.17) is 4.74 Å². The molecule has 1 aromatic carbocycles. The molecule has 0 amide bonds. The van der Waals surface area contributed by atoms with Gasteiger partial charge in [0.25, 0.3) is 0 Å². The van der Waals surface area contributed by atoms with Gasteiger partial charge in [0, 0.05) is 24.8 Å². The Balaban J connectivity index is 1.96. The summed E-state index contributed by atoms with van der Waals surface area (Å²) in [6.45, 7) is 3.57. The van der Waals surface area contributed by atoms with Crippen molar-refractivity contribution in [3.05, 3.63) is 28.2 Å². The summed E-state index contributed by atoms with van der Waals surface area (Å²) >= 11 is 3.31. The second-order valence-electron chi connectivity index (χ2n) is 4.10. The fourth-order valence-corrected chi connectivity index (χ4v) is 2.35. The van der Waals surface area contributed by atoms with Crippen LogP contribution >= 0.6 is 15.9 Å². The van der Waals surface area contributed by atoms with Crippen LogP contribution in [0.4, 0.5) is 0 Å². The van der Waals surface area contributed by atoms with Crippen molar-refractivity contribution in [1.82, 2.24) is 5.32 Å². The fourth-order valence-electron chi connectivity index (χ4n) is 1.94. The molecule has 16 heavy (non-hydrogen) atoms. The van der Waals surface area contributed by atoms with Crippen molar-refractivity contribution in [2.75, 3.05) is 6.61 Å². The highest BCUT2D eigenvalue weighted by Crippen LogP contribution is 2.27. The molecule has 0 spiro atoms. The van der Waals surface area contributed by atoms with E-state index in [1.807, 2.05) is 18.2 Å². The molecule has 88 valence electrons. The van der Waals surface area contributed by atoms with Gasteiger partial charge < -0.3 is 15.2 Å². The molecule has 2 rings (SSSR count). The van der Waals surface area contributed by atoms with Crippen molar-refractivity contribution in [3.63, 3.8) is 0 Å². The summed E-state index contributed by atoms with van der Waals surface area (Å²) in [5.74, 6) is 0.321. The van der Waals surface area contributed by atoms with Crippen molar-refractivity contribution >= 4 is 15.9 Å². The van der Waals surface area contributed by atoms with E-state index in [1.165, 1.54) is 0 Å². The van der Waals surface area contributed by atoms with Crippen molar-refractivity contribution < 1.29 is 9.84 Å². The number of para-hydroxylation sites is 1. The van der Waals surface area contributed by atoms with Crippen LogP contribution in [-0.4, -0.2) is 23.9 Å². The maximum atomic E-state index is 9.82. The summed E-state index contributed by atoms with van der Waals surface area (Å²) in [5, 5.41) is 13.2. The lowest BCUT2D eigenvalue weighted by molar-refractivity contribution is 0.113. The molecule has 1 aliphatic rings. The lowest BCUT2D eigenvalue weighted by atomic mass is 10.1. The van der Waals surface area contributed by atoms with Gasteiger partial charge in [0.1, 0.15) is 5.75 Å². The van der Waals surface area contributed by atoms with Gasteiger partial charge in [0.05, 0.1) is 10.6 Å². The van der Waals surface area contributed by atoms with Gasteiger partial charge in [-0.3, -0.25) is 0 Å². The average molecular weight is 286 g/mol. The van der Waals surface area contributed by atoms with Gasteiger partial charge >= 0.3 is 0 Å². The minimum absolute atomic E-state index is 0.259. The largest absolute Gasteiger partial charge is 0.506 e. The molecule has 1 saturated heterocycles. The highest BCUT2D eigenvalue weighted by atomic mass is 79.9. The van der Waals surface area contributed by atoms with Gasteiger partial charge in [-0.2, -0.15) is 0 Å². The topological polar surface area (TPSA) is 41.5 Å². The molecule has 2 unspecified atom stereocenters. The SMILES string of the molecule is CC1OCCC1NCc1cccc(Br)c1O. The summed E-state index contributed by atoms with van der Waals surface area (Å²) < 4.78 is 6.21. The second kappa shape index (κ2) is 5.17. The number of halogens is 1. The summed E-state index contributed by atoms with van der Waals surface area (Å²) in [6.07, 6.45) is 1.30. The first-order chi connectivity index (χ1) is 7.68. The minimum atomic E-state index is 0.259. The molecular formula is C12H16BrNO2. The lowest BCUT2D eigenvalue weighted by Gasteiger charge is -2.16. The van der Waals surface area contributed by atoms with Crippen LogP contribution < -0.4 is 5.32 Å². The fraction of sp³-hybridized carbons (Fsp3) is 0.500. The molecule has 2 N–H and O–H groups in total. The minimum Gasteiger partial charge on any atom is -0.506 e. The summed E-state index contributed by atoms with van der Waals surface area (Å²) in [4.78, 5) is 0. The van der Waals surface area contributed by atoms with E-state index < -0.39 is 0 Å². The number of aromatic hydroxyl groups is 1. The molecule has 0 aromatic heterocycles. The maximum Gasteiger partial charge on any atom is 0.134 e. The molecular weight excluding hydrogens is 270 g/mol. The van der Waals surface area contributed by atoms with E-state index in [2.05, 4.69) is 28.2 Å². The van der Waals surface area contributed by atoms with Gasteiger partial charge in [-0.25, -0.2) is 0 Å². The van der Waals surface area contributed by atoms with Crippen LogP contribution in [0, 0.1) is 0 Å². The van der Waals surface area contributed by atoms with Crippen LogP contribution in [0.2, 0.25) is 0 Å². The summed E-state index contributed by atoms with van der Waals surface area (Å²) in [7, 11) is 0. The number of rotatable bonds is 3. The van der Waals surface area contributed by atoms with Gasteiger partial charge in [0.2, 0.25) is 0 Å². The van der Waals surface area contributed by atoms with Crippen LogP contribution in [0.15, 0.2) is 22.7 Å². The summed E-state index contributed by atoms with van der Waals surface area (Å²) in [5.41, 5.74) is 0.911. The first kappa shape index (κ1) is 11.9. The molecule has 0 radical (unpaired) electrons. The van der Waals surface area contributed by atoms with E-state index >= 15 is 0 Å². The number of ether oxygens (including phenoxy) is 1. The van der Waals surface area contributed by atoms with Gasteiger partial charge in [-0.05, 0) is 35.3 Å². The third kappa shape index (κ3) is 2.56. The van der Waals surface area contributed by atoms with Gasteiger partial charge in [-0.1, -0.05) is 12.1 Å². The third-order valence-electron chi connectivity index (χ3n) is 3.00. The number of hydrogen-bond donors (Lipinski definition) is 2. The smallest absolute Gasteiger partial charge is 0.134 e. The Bertz CT molecular complexity index is 370. The number of benzene rings is 1.